The van der Waals surface area contributed by atoms with Gasteiger partial charge in [0.25, 0.3) is 0 Å². The van der Waals surface area contributed by atoms with Gasteiger partial charge in [0, 0.05) is 0 Å². The molecule has 1 N–H and O–H groups in total. The zero-order valence-electron chi connectivity index (χ0n) is 7.66. The molecule has 0 aromatic heterocycles. The second-order valence-electron chi connectivity index (χ2n) is 3.68. The molecule has 0 radical (unpaired) electrons. The first kappa shape index (κ1) is 9.19. The zero-order valence-corrected chi connectivity index (χ0v) is 7.66. The standard InChI is InChI=1S/C11H11FO2/c12-7-11(10(13)14)6-5-8-3-1-2-4-9(8)11/h1-4H,5-7H2,(H,13,14). The predicted octanol–water partition coefficient (Wildman–Crippen LogP) is 1.92. The van der Waals surface area contributed by atoms with Crippen molar-refractivity contribution in [3.05, 3.63) is 35.4 Å². The lowest BCUT2D eigenvalue weighted by Crippen LogP contribution is -2.35. The van der Waals surface area contributed by atoms with E-state index in [0.29, 0.717) is 18.4 Å². The molecule has 1 aromatic rings. The van der Waals surface area contributed by atoms with Crippen molar-refractivity contribution in [3.63, 3.8) is 0 Å². The minimum atomic E-state index is -1.28. The van der Waals surface area contributed by atoms with E-state index in [0.717, 1.165) is 5.56 Å². The fourth-order valence-corrected chi connectivity index (χ4v) is 2.11. The zero-order chi connectivity index (χ0) is 10.2. The molecule has 1 aliphatic rings. The average Bonchev–Trinajstić information content (AvgIpc) is 2.57. The van der Waals surface area contributed by atoms with Gasteiger partial charge in [0.2, 0.25) is 0 Å². The fourth-order valence-electron chi connectivity index (χ4n) is 2.11. The number of carboxylic acids is 1. The Morgan fingerprint density at radius 3 is 2.86 bits per heavy atom. The Hall–Kier alpha value is -1.38. The van der Waals surface area contributed by atoms with Gasteiger partial charge in [0.05, 0.1) is 0 Å². The van der Waals surface area contributed by atoms with Crippen molar-refractivity contribution < 1.29 is 14.3 Å². The summed E-state index contributed by atoms with van der Waals surface area (Å²) >= 11 is 0. The summed E-state index contributed by atoms with van der Waals surface area (Å²) in [7, 11) is 0. The van der Waals surface area contributed by atoms with Gasteiger partial charge in [-0.15, -0.1) is 0 Å². The molecule has 2 rings (SSSR count). The third-order valence-corrected chi connectivity index (χ3v) is 2.99. The van der Waals surface area contributed by atoms with Crippen molar-refractivity contribution in [2.24, 2.45) is 0 Å². The van der Waals surface area contributed by atoms with Crippen LogP contribution in [0.4, 0.5) is 4.39 Å². The van der Waals surface area contributed by atoms with E-state index in [4.69, 9.17) is 5.11 Å². The molecular weight excluding hydrogens is 183 g/mol. The van der Waals surface area contributed by atoms with E-state index < -0.39 is 18.1 Å². The monoisotopic (exact) mass is 194 g/mol. The van der Waals surface area contributed by atoms with Crippen LogP contribution in [0.1, 0.15) is 17.5 Å². The SMILES string of the molecule is O=C(O)C1(CF)CCc2ccccc21. The third kappa shape index (κ3) is 1.05. The second-order valence-corrected chi connectivity index (χ2v) is 3.68. The number of hydrogen-bond donors (Lipinski definition) is 1. The average molecular weight is 194 g/mol. The molecule has 1 atom stereocenters. The van der Waals surface area contributed by atoms with E-state index >= 15 is 0 Å². The van der Waals surface area contributed by atoms with Gasteiger partial charge in [0.15, 0.2) is 0 Å². The molecule has 0 bridgehead atoms. The maximum absolute atomic E-state index is 12.9. The van der Waals surface area contributed by atoms with E-state index in [1.54, 1.807) is 12.1 Å². The summed E-state index contributed by atoms with van der Waals surface area (Å²) in [6.07, 6.45) is 1.03. The van der Waals surface area contributed by atoms with Gasteiger partial charge in [-0.05, 0) is 24.0 Å². The predicted molar refractivity (Wildman–Crippen MR) is 50.1 cm³/mol. The van der Waals surface area contributed by atoms with Gasteiger partial charge in [-0.2, -0.15) is 0 Å². The van der Waals surface area contributed by atoms with Crippen LogP contribution in [0, 0.1) is 0 Å². The number of rotatable bonds is 2. The summed E-state index contributed by atoms with van der Waals surface area (Å²) in [6.45, 7) is -0.820. The van der Waals surface area contributed by atoms with Crippen LogP contribution >= 0.6 is 0 Å². The number of aryl methyl sites for hydroxylation is 1. The molecule has 2 nitrogen and oxygen atoms in total. The van der Waals surface area contributed by atoms with Crippen LogP contribution < -0.4 is 0 Å². The van der Waals surface area contributed by atoms with E-state index in [2.05, 4.69) is 0 Å². The molecule has 1 unspecified atom stereocenters. The minimum absolute atomic E-state index is 0.373. The normalized spacial score (nSPS) is 24.6. The first-order chi connectivity index (χ1) is 6.70. The van der Waals surface area contributed by atoms with Gasteiger partial charge in [-0.25, -0.2) is 4.39 Å². The molecule has 1 aliphatic carbocycles. The molecule has 3 heteroatoms. The summed E-state index contributed by atoms with van der Waals surface area (Å²) in [5, 5.41) is 9.07. The number of alkyl halides is 1. The number of carbonyl (C=O) groups is 1. The summed E-state index contributed by atoms with van der Waals surface area (Å²) in [4.78, 5) is 11.1. The van der Waals surface area contributed by atoms with Crippen LogP contribution in [0.3, 0.4) is 0 Å². The van der Waals surface area contributed by atoms with Crippen molar-refractivity contribution in [2.75, 3.05) is 6.67 Å². The largest absolute Gasteiger partial charge is 0.481 e. The number of hydrogen-bond acceptors (Lipinski definition) is 1. The minimum Gasteiger partial charge on any atom is -0.481 e. The van der Waals surface area contributed by atoms with Gasteiger partial charge < -0.3 is 5.11 Å². The van der Waals surface area contributed by atoms with E-state index in [1.165, 1.54) is 0 Å². The summed E-state index contributed by atoms with van der Waals surface area (Å²) in [5.74, 6) is -1.05. The first-order valence-electron chi connectivity index (χ1n) is 4.58. The lowest BCUT2D eigenvalue weighted by Gasteiger charge is -2.21. The van der Waals surface area contributed by atoms with Gasteiger partial charge in [0.1, 0.15) is 12.1 Å². The Balaban J connectivity index is 2.55. The highest BCUT2D eigenvalue weighted by molar-refractivity contribution is 5.83. The smallest absolute Gasteiger partial charge is 0.316 e. The number of fused-ring (bicyclic) bond motifs is 1. The van der Waals surface area contributed by atoms with Crippen molar-refractivity contribution in [1.29, 1.82) is 0 Å². The number of carboxylic acid groups (broad SMARTS) is 1. The van der Waals surface area contributed by atoms with E-state index in [-0.39, 0.29) is 0 Å². The lowest BCUT2D eigenvalue weighted by atomic mass is 9.83. The summed E-state index contributed by atoms with van der Waals surface area (Å²) < 4.78 is 12.9. The van der Waals surface area contributed by atoms with Gasteiger partial charge in [-0.3, -0.25) is 4.79 Å². The van der Waals surface area contributed by atoms with E-state index in [9.17, 15) is 9.18 Å². The third-order valence-electron chi connectivity index (χ3n) is 2.99. The maximum atomic E-state index is 12.9. The molecule has 0 amide bonds. The quantitative estimate of drug-likeness (QED) is 0.781. The molecule has 0 fully saturated rings. The van der Waals surface area contributed by atoms with Crippen molar-refractivity contribution in [2.45, 2.75) is 18.3 Å². The van der Waals surface area contributed by atoms with Crippen LogP contribution in [-0.4, -0.2) is 17.8 Å². The summed E-state index contributed by atoms with van der Waals surface area (Å²) in [6, 6.07) is 7.21. The molecule has 0 heterocycles. The molecule has 74 valence electrons. The molecule has 0 aliphatic heterocycles. The molecule has 14 heavy (non-hydrogen) atoms. The van der Waals surface area contributed by atoms with Crippen molar-refractivity contribution >= 4 is 5.97 Å². The van der Waals surface area contributed by atoms with E-state index in [1.807, 2.05) is 12.1 Å². The molecule has 0 spiro atoms. The molecule has 1 aromatic carbocycles. The maximum Gasteiger partial charge on any atom is 0.316 e. The van der Waals surface area contributed by atoms with Crippen LogP contribution in [0.15, 0.2) is 24.3 Å². The fraction of sp³-hybridized carbons (Fsp3) is 0.364. The number of aliphatic carboxylic acids is 1. The van der Waals surface area contributed by atoms with Gasteiger partial charge >= 0.3 is 5.97 Å². The molecule has 0 saturated carbocycles. The highest BCUT2D eigenvalue weighted by Crippen LogP contribution is 2.39. The topological polar surface area (TPSA) is 37.3 Å². The second kappa shape index (κ2) is 3.08. The lowest BCUT2D eigenvalue weighted by molar-refractivity contribution is -0.144. The van der Waals surface area contributed by atoms with Crippen LogP contribution in [0.25, 0.3) is 0 Å². The highest BCUT2D eigenvalue weighted by atomic mass is 19.1. The van der Waals surface area contributed by atoms with Crippen LogP contribution in [0.5, 0.6) is 0 Å². The first-order valence-corrected chi connectivity index (χ1v) is 4.58. The molecular formula is C11H11FO2. The Kier molecular flexibility index (Phi) is 2.02. The van der Waals surface area contributed by atoms with Crippen LogP contribution in [-0.2, 0) is 16.6 Å². The Bertz CT molecular complexity index is 375. The van der Waals surface area contributed by atoms with Crippen molar-refractivity contribution in [1.82, 2.24) is 0 Å². The Labute approximate surface area is 81.4 Å². The number of benzene rings is 1. The summed E-state index contributed by atoms with van der Waals surface area (Å²) in [5.41, 5.74) is 0.332. The number of halogens is 1. The Morgan fingerprint density at radius 1 is 1.50 bits per heavy atom. The molecule has 0 saturated heterocycles. The highest BCUT2D eigenvalue weighted by Gasteiger charge is 2.45. The Morgan fingerprint density at radius 2 is 2.21 bits per heavy atom. The van der Waals surface area contributed by atoms with Crippen molar-refractivity contribution in [3.8, 4) is 0 Å². The van der Waals surface area contributed by atoms with Gasteiger partial charge in [-0.1, -0.05) is 24.3 Å². The van der Waals surface area contributed by atoms with Crippen LogP contribution in [0.2, 0.25) is 0 Å².